The number of nitriles is 1. The fraction of sp³-hybridized carbons (Fsp3) is 0.150. The number of ether oxygens (including phenoxy) is 2. The molecular weight excluding hydrogens is 586 g/mol. The number of carbonyl (C=O) groups excluding carboxylic acids is 2. The van der Waals surface area contributed by atoms with Crippen molar-refractivity contribution in [3.05, 3.63) is 60.2 Å². The van der Waals surface area contributed by atoms with Gasteiger partial charge in [0, 0.05) is 5.69 Å². The lowest BCUT2D eigenvalue weighted by Gasteiger charge is -2.10. The van der Waals surface area contributed by atoms with E-state index in [9.17, 15) is 14.9 Å². The number of halogens is 2. The van der Waals surface area contributed by atoms with Gasteiger partial charge in [-0.15, -0.1) is 0 Å². The lowest BCUT2D eigenvalue weighted by Crippen LogP contribution is -2.13. The minimum atomic E-state index is -0.535. The van der Waals surface area contributed by atoms with Crippen molar-refractivity contribution >= 4 is 68.8 Å². The number of methoxy groups -OCH3 is 1. The Morgan fingerprint density at radius 1 is 1.18 bits per heavy atom. The Hall–Kier alpha value is -2.13. The van der Waals surface area contributed by atoms with Gasteiger partial charge in [0.2, 0.25) is 0 Å². The van der Waals surface area contributed by atoms with Crippen LogP contribution in [0.2, 0.25) is 0 Å². The van der Waals surface area contributed by atoms with Crippen LogP contribution >= 0.6 is 45.2 Å². The number of anilines is 1. The van der Waals surface area contributed by atoms with E-state index >= 15 is 0 Å². The zero-order chi connectivity index (χ0) is 20.7. The molecule has 0 spiro atoms. The van der Waals surface area contributed by atoms with Gasteiger partial charge < -0.3 is 14.8 Å². The second-order valence-corrected chi connectivity index (χ2v) is 7.76. The van der Waals surface area contributed by atoms with Crippen LogP contribution in [0.4, 0.5) is 5.69 Å². The number of nitrogens with zero attached hydrogens (tertiary/aromatic N) is 1. The Labute approximate surface area is 190 Å². The van der Waals surface area contributed by atoms with Crippen molar-refractivity contribution in [3.63, 3.8) is 0 Å². The molecule has 0 fully saturated rings. The number of hydrogen-bond donors (Lipinski definition) is 1. The maximum Gasteiger partial charge on any atom is 0.337 e. The van der Waals surface area contributed by atoms with Crippen molar-refractivity contribution in [2.24, 2.45) is 0 Å². The largest absolute Gasteiger partial charge is 0.492 e. The van der Waals surface area contributed by atoms with Crippen LogP contribution in [0.25, 0.3) is 6.08 Å². The smallest absolute Gasteiger partial charge is 0.337 e. The summed E-state index contributed by atoms with van der Waals surface area (Å²) in [6.07, 6.45) is 1.53. The lowest BCUT2D eigenvalue weighted by atomic mass is 10.1. The molecule has 0 bridgehead atoms. The highest BCUT2D eigenvalue weighted by atomic mass is 127. The maximum absolute atomic E-state index is 12.4. The molecule has 0 saturated heterocycles. The van der Waals surface area contributed by atoms with Gasteiger partial charge >= 0.3 is 5.97 Å². The highest BCUT2D eigenvalue weighted by Gasteiger charge is 2.13. The Kier molecular flexibility index (Phi) is 8.25. The molecule has 0 aromatic heterocycles. The third kappa shape index (κ3) is 5.68. The molecule has 2 rings (SSSR count). The molecule has 0 radical (unpaired) electrons. The van der Waals surface area contributed by atoms with Crippen LogP contribution in [0, 0.1) is 18.5 Å². The van der Waals surface area contributed by atoms with Crippen LogP contribution in [0.5, 0.6) is 5.75 Å². The first-order valence-corrected chi connectivity index (χ1v) is 10.3. The van der Waals surface area contributed by atoms with Gasteiger partial charge in [-0.1, -0.05) is 0 Å². The Morgan fingerprint density at radius 2 is 1.79 bits per heavy atom. The molecule has 1 N–H and O–H groups in total. The monoisotopic (exact) mass is 602 g/mol. The van der Waals surface area contributed by atoms with Crippen LogP contribution in [-0.4, -0.2) is 25.6 Å². The van der Waals surface area contributed by atoms with Gasteiger partial charge in [-0.2, -0.15) is 5.26 Å². The molecule has 6 nitrogen and oxygen atoms in total. The number of hydrogen-bond acceptors (Lipinski definition) is 5. The summed E-state index contributed by atoms with van der Waals surface area (Å²) < 4.78 is 12.0. The van der Waals surface area contributed by atoms with E-state index in [-0.39, 0.29) is 5.57 Å². The normalized spacial score (nSPS) is 10.8. The van der Waals surface area contributed by atoms with E-state index in [1.54, 1.807) is 12.1 Å². The number of amides is 1. The van der Waals surface area contributed by atoms with Crippen molar-refractivity contribution in [2.45, 2.75) is 6.92 Å². The summed E-state index contributed by atoms with van der Waals surface area (Å²) >= 11 is 4.32. The summed E-state index contributed by atoms with van der Waals surface area (Å²) in [5.41, 5.74) is 1.53. The second-order valence-electron chi connectivity index (χ2n) is 5.44. The molecule has 28 heavy (non-hydrogen) atoms. The highest BCUT2D eigenvalue weighted by Crippen LogP contribution is 2.29. The molecular formula is C20H16I2N2O4. The Morgan fingerprint density at radius 3 is 2.29 bits per heavy atom. The van der Waals surface area contributed by atoms with Crippen LogP contribution in [0.1, 0.15) is 22.8 Å². The molecule has 0 aliphatic heterocycles. The first-order valence-electron chi connectivity index (χ1n) is 8.13. The topological polar surface area (TPSA) is 88.4 Å². The van der Waals surface area contributed by atoms with Gasteiger partial charge in [0.25, 0.3) is 5.91 Å². The third-order valence-electron chi connectivity index (χ3n) is 3.55. The zero-order valence-electron chi connectivity index (χ0n) is 15.1. The van der Waals surface area contributed by atoms with Crippen LogP contribution < -0.4 is 10.1 Å². The van der Waals surface area contributed by atoms with Gasteiger partial charge in [0.05, 0.1) is 26.4 Å². The summed E-state index contributed by atoms with van der Waals surface area (Å²) in [7, 11) is 1.30. The average molecular weight is 602 g/mol. The summed E-state index contributed by atoms with van der Waals surface area (Å²) in [6.45, 7) is 2.47. The average Bonchev–Trinajstić information content (AvgIpc) is 2.68. The van der Waals surface area contributed by atoms with Crippen molar-refractivity contribution in [2.75, 3.05) is 19.0 Å². The molecule has 2 aromatic rings. The van der Waals surface area contributed by atoms with Gasteiger partial charge in [-0.05, 0) is 100 Å². The van der Waals surface area contributed by atoms with Gasteiger partial charge in [-0.25, -0.2) is 4.79 Å². The van der Waals surface area contributed by atoms with E-state index < -0.39 is 11.9 Å². The molecule has 0 aliphatic carbocycles. The predicted molar refractivity (Wildman–Crippen MR) is 123 cm³/mol. The zero-order valence-corrected chi connectivity index (χ0v) is 19.4. The van der Waals surface area contributed by atoms with Crippen molar-refractivity contribution in [1.29, 1.82) is 5.26 Å². The second kappa shape index (κ2) is 10.4. The van der Waals surface area contributed by atoms with E-state index in [1.807, 2.05) is 25.1 Å². The van der Waals surface area contributed by atoms with Crippen LogP contribution in [0.15, 0.2) is 42.0 Å². The highest BCUT2D eigenvalue weighted by molar-refractivity contribution is 14.1. The number of esters is 1. The standard InChI is InChI=1S/C20H16I2N2O4/c1-3-28-18-16(21)9-12(10-17(18)22)8-14(11-23)19(25)24-15-6-4-13(5-7-15)20(26)27-2/h4-10H,3H2,1-2H3,(H,24,25)/b14-8+. The van der Waals surface area contributed by atoms with Crippen molar-refractivity contribution in [3.8, 4) is 11.8 Å². The molecule has 0 aliphatic rings. The molecule has 2 aromatic carbocycles. The number of rotatable bonds is 6. The van der Waals surface area contributed by atoms with Gasteiger partial charge in [0.15, 0.2) is 0 Å². The third-order valence-corrected chi connectivity index (χ3v) is 5.15. The quantitative estimate of drug-likeness (QED) is 0.226. The molecule has 0 unspecified atom stereocenters. The van der Waals surface area contributed by atoms with Crippen LogP contribution in [0.3, 0.4) is 0 Å². The molecule has 8 heteroatoms. The summed E-state index contributed by atoms with van der Waals surface area (Å²) in [4.78, 5) is 23.9. The number of nitrogens with one attached hydrogen (secondary N) is 1. The first-order chi connectivity index (χ1) is 13.4. The van der Waals surface area contributed by atoms with E-state index in [1.165, 1.54) is 25.3 Å². The minimum Gasteiger partial charge on any atom is -0.492 e. The first kappa shape index (κ1) is 22.2. The minimum absolute atomic E-state index is 0.0344. The van der Waals surface area contributed by atoms with E-state index in [0.29, 0.717) is 17.9 Å². The molecule has 0 saturated carbocycles. The van der Waals surface area contributed by atoms with E-state index in [2.05, 4.69) is 55.2 Å². The lowest BCUT2D eigenvalue weighted by molar-refractivity contribution is -0.112. The van der Waals surface area contributed by atoms with Crippen molar-refractivity contribution in [1.82, 2.24) is 0 Å². The Balaban J connectivity index is 2.21. The number of benzene rings is 2. The SMILES string of the molecule is CCOc1c(I)cc(/C=C(\C#N)C(=O)Nc2ccc(C(=O)OC)cc2)cc1I. The fourth-order valence-corrected chi connectivity index (χ4v) is 4.39. The summed E-state index contributed by atoms with van der Waals surface area (Å²) in [5.74, 6) is -0.211. The Bertz CT molecular complexity index is 940. The van der Waals surface area contributed by atoms with Crippen molar-refractivity contribution < 1.29 is 19.1 Å². The van der Waals surface area contributed by atoms with E-state index in [0.717, 1.165) is 18.5 Å². The predicted octanol–water partition coefficient (Wildman–Crippen LogP) is 4.63. The van der Waals surface area contributed by atoms with Gasteiger partial charge in [0.1, 0.15) is 17.4 Å². The van der Waals surface area contributed by atoms with E-state index in [4.69, 9.17) is 4.74 Å². The fourth-order valence-electron chi connectivity index (χ4n) is 2.27. The maximum atomic E-state index is 12.4. The molecule has 144 valence electrons. The van der Waals surface area contributed by atoms with Crippen LogP contribution in [-0.2, 0) is 9.53 Å². The van der Waals surface area contributed by atoms with Gasteiger partial charge in [-0.3, -0.25) is 4.79 Å². The summed E-state index contributed by atoms with van der Waals surface area (Å²) in [6, 6.07) is 11.8. The molecule has 0 heterocycles. The molecule has 1 amide bonds. The molecule has 0 atom stereocenters. The number of carbonyl (C=O) groups is 2. The summed E-state index contributed by atoms with van der Waals surface area (Å²) in [5, 5.41) is 12.0.